The molecule has 6 atom stereocenters. The molecule has 4 amide bonds. The maximum absolute atomic E-state index is 13.9. The van der Waals surface area contributed by atoms with E-state index in [0.717, 1.165) is 9.80 Å². The van der Waals surface area contributed by atoms with Crippen molar-refractivity contribution in [1.29, 1.82) is 0 Å². The van der Waals surface area contributed by atoms with Crippen molar-refractivity contribution < 1.29 is 34.2 Å². The maximum Gasteiger partial charge on any atom is 0.335 e. The molecule has 3 fully saturated rings. The molecule has 2 N–H and O–H groups in total. The molecule has 11 heteroatoms. The summed E-state index contributed by atoms with van der Waals surface area (Å²) in [5.41, 5.74) is 0.894. The van der Waals surface area contributed by atoms with E-state index in [2.05, 4.69) is 0 Å². The number of carboxylic acid groups (broad SMARTS) is 1. The van der Waals surface area contributed by atoms with Crippen LogP contribution in [0.4, 0.5) is 5.69 Å². The number of anilines is 1. The molecule has 1 saturated carbocycles. The number of hydrogen-bond donors (Lipinski definition) is 2. The molecule has 2 aliphatic heterocycles. The van der Waals surface area contributed by atoms with Crippen LogP contribution in [0.5, 0.6) is 5.75 Å². The largest absolute Gasteiger partial charge is 0.508 e. The van der Waals surface area contributed by atoms with Gasteiger partial charge in [0.1, 0.15) is 5.75 Å². The van der Waals surface area contributed by atoms with E-state index in [9.17, 15) is 34.2 Å². The molecule has 0 aromatic heterocycles. The van der Waals surface area contributed by atoms with Gasteiger partial charge in [-0.05, 0) is 43.0 Å². The van der Waals surface area contributed by atoms with Crippen LogP contribution >= 0.6 is 23.2 Å². The Labute approximate surface area is 232 Å². The van der Waals surface area contributed by atoms with Gasteiger partial charge in [-0.15, -0.1) is 23.2 Å². The van der Waals surface area contributed by atoms with Crippen molar-refractivity contribution >= 4 is 58.5 Å². The number of likely N-dealkylation sites (tertiary alicyclic amines) is 1. The maximum atomic E-state index is 13.9. The number of aromatic carboxylic acids is 1. The summed E-state index contributed by atoms with van der Waals surface area (Å²) in [4.78, 5) is 63.9. The van der Waals surface area contributed by atoms with E-state index < -0.39 is 63.0 Å². The van der Waals surface area contributed by atoms with Crippen LogP contribution in [0.3, 0.4) is 0 Å². The van der Waals surface area contributed by atoms with Crippen molar-refractivity contribution in [2.75, 3.05) is 11.9 Å². The van der Waals surface area contributed by atoms with E-state index in [0.29, 0.717) is 5.57 Å². The van der Waals surface area contributed by atoms with Gasteiger partial charge < -0.3 is 10.2 Å². The molecule has 0 spiro atoms. The third kappa shape index (κ3) is 3.17. The Balaban J connectivity index is 1.51. The fourth-order valence-corrected chi connectivity index (χ4v) is 7.86. The summed E-state index contributed by atoms with van der Waals surface area (Å²) in [7, 11) is 1.29. The lowest BCUT2D eigenvalue weighted by Gasteiger charge is -2.50. The van der Waals surface area contributed by atoms with Gasteiger partial charge in [0.2, 0.25) is 11.8 Å². The molecule has 9 nitrogen and oxygen atoms in total. The fourth-order valence-electron chi connectivity index (χ4n) is 6.85. The first kappa shape index (κ1) is 25.6. The van der Waals surface area contributed by atoms with Crippen molar-refractivity contribution in [2.45, 2.75) is 28.5 Å². The number of nitrogens with zero attached hydrogens (tertiary/aromatic N) is 2. The highest BCUT2D eigenvalue weighted by molar-refractivity contribution is 6.53. The molecule has 2 heterocycles. The lowest BCUT2D eigenvalue weighted by Crippen LogP contribution is -2.60. The van der Waals surface area contributed by atoms with Gasteiger partial charge in [0, 0.05) is 18.5 Å². The minimum absolute atomic E-state index is 0.0798. The topological polar surface area (TPSA) is 132 Å². The number of para-hydroxylation sites is 1. The van der Waals surface area contributed by atoms with E-state index in [-0.39, 0.29) is 35.4 Å². The van der Waals surface area contributed by atoms with Crippen LogP contribution in [0.15, 0.2) is 60.2 Å². The number of amides is 4. The van der Waals surface area contributed by atoms with Gasteiger partial charge in [0.25, 0.3) is 11.8 Å². The Morgan fingerprint density at radius 2 is 1.69 bits per heavy atom. The van der Waals surface area contributed by atoms with Gasteiger partial charge in [-0.2, -0.15) is 0 Å². The first-order valence-electron chi connectivity index (χ1n) is 12.3. The molecule has 39 heavy (non-hydrogen) atoms. The molecule has 0 unspecified atom stereocenters. The van der Waals surface area contributed by atoms with Gasteiger partial charge in [-0.25, -0.2) is 4.79 Å². The average Bonchev–Trinajstić information content (AvgIpc) is 3.24. The van der Waals surface area contributed by atoms with Crippen molar-refractivity contribution in [3.8, 4) is 5.75 Å². The van der Waals surface area contributed by atoms with E-state index in [1.165, 1.54) is 37.4 Å². The van der Waals surface area contributed by atoms with E-state index in [4.69, 9.17) is 23.2 Å². The zero-order valence-electron chi connectivity index (χ0n) is 20.5. The van der Waals surface area contributed by atoms with Crippen LogP contribution in [-0.4, -0.2) is 61.5 Å². The summed E-state index contributed by atoms with van der Waals surface area (Å²) in [6.07, 6.45) is 1.74. The standard InChI is InChI=1S/C28H22Cl2N2O7/c1-31-25(38)27(29)12-18-15(21(28(27,30)26(31)39)16-7-2-3-8-19(16)33)9-10-17-20(18)23(35)32(22(17)34)14-6-4-5-13(11-14)24(36)37/h2-9,11,17-18,20-21,33H,10,12H2,1H3,(H,36,37)/t17-,18+,20-,21+,27+,28-/m0/s1. The number of aromatic hydroxyl groups is 1. The van der Waals surface area contributed by atoms with Crippen molar-refractivity contribution in [3.63, 3.8) is 0 Å². The van der Waals surface area contributed by atoms with Crippen LogP contribution in [0.25, 0.3) is 0 Å². The van der Waals surface area contributed by atoms with Crippen LogP contribution < -0.4 is 4.90 Å². The highest BCUT2D eigenvalue weighted by atomic mass is 35.5. The molecular weight excluding hydrogens is 547 g/mol. The van der Waals surface area contributed by atoms with Gasteiger partial charge >= 0.3 is 5.97 Å². The zero-order valence-corrected chi connectivity index (χ0v) is 22.0. The predicted octanol–water partition coefficient (Wildman–Crippen LogP) is 3.28. The lowest BCUT2D eigenvalue weighted by atomic mass is 9.56. The molecule has 2 aromatic carbocycles. The number of fused-ring (bicyclic) bond motifs is 4. The average molecular weight is 569 g/mol. The minimum Gasteiger partial charge on any atom is -0.508 e. The van der Waals surface area contributed by atoms with Crippen molar-refractivity contribution in [3.05, 3.63) is 71.3 Å². The number of alkyl halides is 2. The third-order valence-corrected chi connectivity index (χ3v) is 10.0. The Morgan fingerprint density at radius 3 is 2.38 bits per heavy atom. The number of phenolic OH excluding ortho intramolecular Hbond substituents is 1. The molecule has 200 valence electrons. The van der Waals surface area contributed by atoms with Crippen molar-refractivity contribution in [1.82, 2.24) is 4.90 Å². The van der Waals surface area contributed by atoms with Gasteiger partial charge in [0.05, 0.1) is 23.1 Å². The summed E-state index contributed by atoms with van der Waals surface area (Å²) in [5, 5.41) is 20.2. The third-order valence-electron chi connectivity index (χ3n) is 8.61. The molecular formula is C28H22Cl2N2O7. The quantitative estimate of drug-likeness (QED) is 0.330. The molecule has 4 aliphatic rings. The second kappa shape index (κ2) is 8.40. The normalized spacial score (nSPS) is 33.6. The fraction of sp³-hybridized carbons (Fsp3) is 0.321. The molecule has 0 radical (unpaired) electrons. The van der Waals surface area contributed by atoms with Crippen molar-refractivity contribution in [2.24, 2.45) is 17.8 Å². The molecule has 2 aromatic rings. The van der Waals surface area contributed by atoms with Gasteiger partial charge in [-0.3, -0.25) is 29.0 Å². The number of carbonyl (C=O) groups is 5. The SMILES string of the molecule is CN1C(=O)[C@]2(Cl)C[C@@H]3C(=CC[C@@H]4C(=O)N(c5cccc(C(=O)O)c5)C(=O)[C@@H]43)[C@H](c3ccccc3O)[C@]2(Cl)C1=O. The Bertz CT molecular complexity index is 1540. The number of hydrogen-bond acceptors (Lipinski definition) is 6. The second-order valence-electron chi connectivity index (χ2n) is 10.4. The Hall–Kier alpha value is -3.69. The van der Waals surface area contributed by atoms with Gasteiger partial charge in [-0.1, -0.05) is 35.9 Å². The van der Waals surface area contributed by atoms with Crippen LogP contribution in [-0.2, 0) is 19.2 Å². The number of phenols is 1. The number of halogens is 2. The van der Waals surface area contributed by atoms with Crippen LogP contribution in [0.1, 0.15) is 34.7 Å². The number of carbonyl (C=O) groups excluding carboxylic acids is 4. The van der Waals surface area contributed by atoms with E-state index in [1.54, 1.807) is 24.3 Å². The Kier molecular flexibility index (Phi) is 5.51. The predicted molar refractivity (Wildman–Crippen MR) is 139 cm³/mol. The van der Waals surface area contributed by atoms with Gasteiger partial charge in [0.15, 0.2) is 9.75 Å². The lowest BCUT2D eigenvalue weighted by molar-refractivity contribution is -0.138. The van der Waals surface area contributed by atoms with E-state index in [1.807, 2.05) is 0 Å². The minimum atomic E-state index is -1.98. The van der Waals surface area contributed by atoms with E-state index >= 15 is 0 Å². The smallest absolute Gasteiger partial charge is 0.335 e. The molecule has 0 bridgehead atoms. The summed E-state index contributed by atoms with van der Waals surface area (Å²) < 4.78 is 0. The number of rotatable bonds is 3. The summed E-state index contributed by atoms with van der Waals surface area (Å²) in [6.45, 7) is 0. The monoisotopic (exact) mass is 568 g/mol. The molecule has 6 rings (SSSR count). The summed E-state index contributed by atoms with van der Waals surface area (Å²) >= 11 is 14.1. The number of benzene rings is 2. The molecule has 2 aliphatic carbocycles. The van der Waals surface area contributed by atoms with Crippen LogP contribution in [0.2, 0.25) is 0 Å². The summed E-state index contributed by atoms with van der Waals surface area (Å²) in [5.74, 6) is -7.31. The highest BCUT2D eigenvalue weighted by Crippen LogP contribution is 2.66. The first-order valence-corrected chi connectivity index (χ1v) is 13.1. The number of carboxylic acids is 1. The second-order valence-corrected chi connectivity index (χ2v) is 11.7. The number of allylic oxidation sites excluding steroid dienone is 2. The zero-order chi connectivity index (χ0) is 28.0. The Morgan fingerprint density at radius 1 is 0.974 bits per heavy atom. The number of imide groups is 2. The molecule has 2 saturated heterocycles. The first-order chi connectivity index (χ1) is 18.4. The summed E-state index contributed by atoms with van der Waals surface area (Å²) in [6, 6.07) is 11.9. The highest BCUT2D eigenvalue weighted by Gasteiger charge is 2.76. The van der Waals surface area contributed by atoms with Crippen LogP contribution in [0, 0.1) is 17.8 Å².